The summed E-state index contributed by atoms with van der Waals surface area (Å²) in [7, 11) is 1.78. The van der Waals surface area contributed by atoms with Crippen molar-refractivity contribution in [2.75, 3.05) is 13.7 Å². The molecule has 1 atom stereocenters. The Morgan fingerprint density at radius 2 is 2.10 bits per heavy atom. The maximum Gasteiger partial charge on any atom is 0.134 e. The number of rotatable bonds is 5. The van der Waals surface area contributed by atoms with E-state index >= 15 is 0 Å². The van der Waals surface area contributed by atoms with Crippen LogP contribution < -0.4 is 5.32 Å². The zero-order valence-electron chi connectivity index (χ0n) is 12.6. The summed E-state index contributed by atoms with van der Waals surface area (Å²) in [5, 5.41) is 4.30. The van der Waals surface area contributed by atoms with Gasteiger partial charge in [0.1, 0.15) is 17.2 Å². The van der Waals surface area contributed by atoms with Gasteiger partial charge in [0.25, 0.3) is 0 Å². The minimum atomic E-state index is -0.239. The maximum atomic E-state index is 13.4. The van der Waals surface area contributed by atoms with Crippen LogP contribution in [-0.2, 0) is 4.74 Å². The molecule has 0 bridgehead atoms. The average Bonchev–Trinajstić information content (AvgIpc) is 3.11. The molecule has 1 aromatic heterocycles. The average molecular weight is 291 g/mol. The molecule has 4 heteroatoms. The lowest BCUT2D eigenvalue weighted by Gasteiger charge is -2.35. The van der Waals surface area contributed by atoms with E-state index in [1.54, 1.807) is 13.2 Å². The molecule has 1 N–H and O–H groups in total. The normalized spacial score (nSPS) is 19.2. The standard InChI is InChI=1S/C17H22FNO2/c1-3-19-16(17(20-2)8-4-5-9-17)15-11-12-10-13(18)6-7-14(12)21-15/h6-7,10-11,16,19H,3-5,8-9H2,1-2H3. The van der Waals surface area contributed by atoms with Crippen LogP contribution in [0.3, 0.4) is 0 Å². The van der Waals surface area contributed by atoms with Crippen LogP contribution in [0.5, 0.6) is 0 Å². The molecule has 1 saturated carbocycles. The summed E-state index contributed by atoms with van der Waals surface area (Å²) in [4.78, 5) is 0. The topological polar surface area (TPSA) is 34.4 Å². The van der Waals surface area contributed by atoms with Crippen molar-refractivity contribution in [2.45, 2.75) is 44.2 Å². The van der Waals surface area contributed by atoms with Crippen molar-refractivity contribution in [3.8, 4) is 0 Å². The van der Waals surface area contributed by atoms with E-state index < -0.39 is 0 Å². The van der Waals surface area contributed by atoms with Gasteiger partial charge in [-0.25, -0.2) is 4.39 Å². The van der Waals surface area contributed by atoms with Crippen molar-refractivity contribution in [1.29, 1.82) is 0 Å². The first-order chi connectivity index (χ1) is 10.2. The van der Waals surface area contributed by atoms with E-state index in [1.807, 2.05) is 6.07 Å². The molecule has 1 fully saturated rings. The van der Waals surface area contributed by atoms with Gasteiger partial charge in [0.2, 0.25) is 0 Å². The van der Waals surface area contributed by atoms with Crippen LogP contribution in [0.25, 0.3) is 11.0 Å². The highest BCUT2D eigenvalue weighted by Gasteiger charge is 2.43. The van der Waals surface area contributed by atoms with E-state index in [1.165, 1.54) is 25.0 Å². The summed E-state index contributed by atoms with van der Waals surface area (Å²) >= 11 is 0. The highest BCUT2D eigenvalue weighted by Crippen LogP contribution is 2.43. The van der Waals surface area contributed by atoms with Crippen LogP contribution in [-0.4, -0.2) is 19.3 Å². The second-order valence-corrected chi connectivity index (χ2v) is 5.80. The molecule has 0 amide bonds. The van der Waals surface area contributed by atoms with E-state index in [2.05, 4.69) is 12.2 Å². The number of ether oxygens (including phenoxy) is 1. The van der Waals surface area contributed by atoms with Crippen LogP contribution in [0.1, 0.15) is 44.4 Å². The van der Waals surface area contributed by atoms with Gasteiger partial charge in [-0.15, -0.1) is 0 Å². The molecule has 0 radical (unpaired) electrons. The predicted molar refractivity (Wildman–Crippen MR) is 80.8 cm³/mol. The first-order valence-corrected chi connectivity index (χ1v) is 7.66. The number of hydrogen-bond acceptors (Lipinski definition) is 3. The summed E-state index contributed by atoms with van der Waals surface area (Å²) in [5.41, 5.74) is 0.501. The van der Waals surface area contributed by atoms with Crippen molar-refractivity contribution >= 4 is 11.0 Å². The first-order valence-electron chi connectivity index (χ1n) is 7.66. The molecule has 0 aliphatic heterocycles. The highest BCUT2D eigenvalue weighted by atomic mass is 19.1. The third-order valence-corrected chi connectivity index (χ3v) is 4.57. The van der Waals surface area contributed by atoms with Gasteiger partial charge < -0.3 is 14.5 Å². The monoisotopic (exact) mass is 291 g/mol. The molecule has 3 nitrogen and oxygen atoms in total. The molecule has 1 aliphatic carbocycles. The van der Waals surface area contributed by atoms with Gasteiger partial charge in [0.15, 0.2) is 0 Å². The van der Waals surface area contributed by atoms with E-state index in [4.69, 9.17) is 9.15 Å². The van der Waals surface area contributed by atoms with Gasteiger partial charge in [0, 0.05) is 12.5 Å². The summed E-state index contributed by atoms with van der Waals surface area (Å²) in [6, 6.07) is 6.57. The molecule has 114 valence electrons. The fourth-order valence-electron chi connectivity index (χ4n) is 3.51. The van der Waals surface area contributed by atoms with Crippen molar-refractivity contribution in [3.05, 3.63) is 35.8 Å². The minimum absolute atomic E-state index is 0.00506. The van der Waals surface area contributed by atoms with E-state index in [9.17, 15) is 4.39 Å². The van der Waals surface area contributed by atoms with E-state index in [-0.39, 0.29) is 17.5 Å². The minimum Gasteiger partial charge on any atom is -0.459 e. The molecule has 1 unspecified atom stereocenters. The second kappa shape index (κ2) is 5.78. The van der Waals surface area contributed by atoms with Gasteiger partial charge in [-0.2, -0.15) is 0 Å². The number of halogens is 1. The van der Waals surface area contributed by atoms with Gasteiger partial charge in [-0.1, -0.05) is 19.8 Å². The largest absolute Gasteiger partial charge is 0.459 e. The lowest BCUT2D eigenvalue weighted by molar-refractivity contribution is -0.0413. The highest BCUT2D eigenvalue weighted by molar-refractivity contribution is 5.78. The zero-order chi connectivity index (χ0) is 14.9. The Morgan fingerprint density at radius 3 is 2.76 bits per heavy atom. The fraction of sp³-hybridized carbons (Fsp3) is 0.529. The quantitative estimate of drug-likeness (QED) is 0.897. The number of methoxy groups -OCH3 is 1. The molecular formula is C17H22FNO2. The van der Waals surface area contributed by atoms with Gasteiger partial charge in [0.05, 0.1) is 11.6 Å². The van der Waals surface area contributed by atoms with Crippen molar-refractivity contribution < 1.29 is 13.5 Å². The predicted octanol–water partition coefficient (Wildman–Crippen LogP) is 4.18. The van der Waals surface area contributed by atoms with Gasteiger partial charge in [-0.05, 0) is 43.7 Å². The molecule has 1 aliphatic rings. The third-order valence-electron chi connectivity index (χ3n) is 4.57. The van der Waals surface area contributed by atoms with Crippen molar-refractivity contribution in [1.82, 2.24) is 5.32 Å². The summed E-state index contributed by atoms with van der Waals surface area (Å²) in [5.74, 6) is 0.596. The zero-order valence-corrected chi connectivity index (χ0v) is 12.6. The SMILES string of the molecule is CCNC(c1cc2cc(F)ccc2o1)C1(OC)CCCC1. The lowest BCUT2D eigenvalue weighted by atomic mass is 9.90. The molecule has 0 saturated heterocycles. The maximum absolute atomic E-state index is 13.4. The number of fused-ring (bicyclic) bond motifs is 1. The molecule has 3 rings (SSSR count). The number of nitrogens with one attached hydrogen (secondary N) is 1. The van der Waals surface area contributed by atoms with Crippen LogP contribution in [0.2, 0.25) is 0 Å². The Hall–Kier alpha value is -1.39. The Balaban J connectivity index is 2.02. The third kappa shape index (κ3) is 2.58. The van der Waals surface area contributed by atoms with E-state index in [0.29, 0.717) is 0 Å². The smallest absolute Gasteiger partial charge is 0.134 e. The van der Waals surface area contributed by atoms with E-state index in [0.717, 1.165) is 36.1 Å². The molecule has 21 heavy (non-hydrogen) atoms. The molecule has 2 aromatic rings. The van der Waals surface area contributed by atoms with Gasteiger partial charge >= 0.3 is 0 Å². The Labute approximate surface area is 124 Å². The second-order valence-electron chi connectivity index (χ2n) is 5.80. The number of hydrogen-bond donors (Lipinski definition) is 1. The van der Waals surface area contributed by atoms with Crippen LogP contribution in [0.4, 0.5) is 4.39 Å². The lowest BCUT2D eigenvalue weighted by Crippen LogP contribution is -2.43. The fourth-order valence-corrected chi connectivity index (χ4v) is 3.51. The molecule has 1 heterocycles. The van der Waals surface area contributed by atoms with Crippen LogP contribution in [0, 0.1) is 5.82 Å². The Morgan fingerprint density at radius 1 is 1.33 bits per heavy atom. The van der Waals surface area contributed by atoms with Crippen LogP contribution in [0.15, 0.2) is 28.7 Å². The first kappa shape index (κ1) is 14.5. The molecule has 0 spiro atoms. The Bertz CT molecular complexity index is 616. The summed E-state index contributed by atoms with van der Waals surface area (Å²) < 4.78 is 25.2. The molecule has 1 aromatic carbocycles. The number of furan rings is 1. The van der Waals surface area contributed by atoms with Crippen molar-refractivity contribution in [2.24, 2.45) is 0 Å². The van der Waals surface area contributed by atoms with Crippen LogP contribution >= 0.6 is 0 Å². The summed E-state index contributed by atoms with van der Waals surface area (Å²) in [6.07, 6.45) is 4.38. The van der Waals surface area contributed by atoms with Crippen molar-refractivity contribution in [3.63, 3.8) is 0 Å². The molecular weight excluding hydrogens is 269 g/mol. The summed E-state index contributed by atoms with van der Waals surface area (Å²) in [6.45, 7) is 2.91. The van der Waals surface area contributed by atoms with Gasteiger partial charge in [-0.3, -0.25) is 0 Å². The number of likely N-dealkylation sites (N-methyl/N-ethyl adjacent to an activating group) is 1. The number of benzene rings is 1. The Kier molecular flexibility index (Phi) is 4.00.